The Morgan fingerprint density at radius 1 is 1.40 bits per heavy atom. The van der Waals surface area contributed by atoms with E-state index in [1.165, 1.54) is 0 Å². The van der Waals surface area contributed by atoms with Gasteiger partial charge in [-0.15, -0.1) is 0 Å². The number of carboxylic acids is 1. The molecule has 1 N–H and O–H groups in total. The highest BCUT2D eigenvalue weighted by molar-refractivity contribution is 5.76. The van der Waals surface area contributed by atoms with Gasteiger partial charge < -0.3 is 14.3 Å². The molecule has 0 aliphatic heterocycles. The van der Waals surface area contributed by atoms with E-state index >= 15 is 0 Å². The zero-order valence-electron chi connectivity index (χ0n) is 12.0. The van der Waals surface area contributed by atoms with Crippen molar-refractivity contribution in [2.24, 2.45) is 5.41 Å². The molecule has 1 heterocycles. The molecule has 108 valence electrons. The van der Waals surface area contributed by atoms with Crippen molar-refractivity contribution >= 4 is 17.1 Å². The lowest BCUT2D eigenvalue weighted by Crippen LogP contribution is -2.32. The van der Waals surface area contributed by atoms with Crippen molar-refractivity contribution in [3.63, 3.8) is 0 Å². The van der Waals surface area contributed by atoms with Crippen LogP contribution in [0.15, 0.2) is 22.6 Å². The Kier molecular flexibility index (Phi) is 3.97. The number of ether oxygens (including phenoxy) is 1. The SMILES string of the molecule is CCC(CC)(Cc1nc2cc(OC)ccc2o1)C(=O)O. The molecule has 0 bridgehead atoms. The van der Waals surface area contributed by atoms with Gasteiger partial charge in [-0.1, -0.05) is 13.8 Å². The number of aliphatic carboxylic acids is 1. The number of aromatic nitrogens is 1. The number of hydrogen-bond acceptors (Lipinski definition) is 4. The Bertz CT molecular complexity index is 613. The van der Waals surface area contributed by atoms with Crippen LogP contribution in [0.5, 0.6) is 5.75 Å². The molecule has 0 saturated carbocycles. The summed E-state index contributed by atoms with van der Waals surface area (Å²) in [7, 11) is 1.59. The van der Waals surface area contributed by atoms with E-state index in [0.717, 1.165) is 0 Å². The van der Waals surface area contributed by atoms with E-state index in [9.17, 15) is 9.90 Å². The third kappa shape index (κ3) is 2.48. The van der Waals surface area contributed by atoms with Crippen molar-refractivity contribution in [3.8, 4) is 5.75 Å². The predicted molar refractivity (Wildman–Crippen MR) is 74.9 cm³/mol. The highest BCUT2D eigenvalue weighted by Crippen LogP contribution is 2.32. The summed E-state index contributed by atoms with van der Waals surface area (Å²) in [6.45, 7) is 3.76. The first-order valence-electron chi connectivity index (χ1n) is 6.71. The van der Waals surface area contributed by atoms with Gasteiger partial charge in [0.25, 0.3) is 0 Å². The summed E-state index contributed by atoms with van der Waals surface area (Å²) in [6, 6.07) is 5.36. The molecule has 2 aromatic rings. The van der Waals surface area contributed by atoms with E-state index in [1.807, 2.05) is 13.8 Å². The highest BCUT2D eigenvalue weighted by atomic mass is 16.5. The van der Waals surface area contributed by atoms with Gasteiger partial charge in [-0.25, -0.2) is 4.98 Å². The van der Waals surface area contributed by atoms with Gasteiger partial charge in [0, 0.05) is 12.5 Å². The molecule has 0 atom stereocenters. The number of carbonyl (C=O) groups is 1. The van der Waals surface area contributed by atoms with Crippen molar-refractivity contribution in [3.05, 3.63) is 24.1 Å². The number of nitrogens with zero attached hydrogens (tertiary/aromatic N) is 1. The first-order chi connectivity index (χ1) is 9.54. The molecule has 20 heavy (non-hydrogen) atoms. The second-order valence-electron chi connectivity index (χ2n) is 4.91. The molecule has 0 unspecified atom stereocenters. The van der Waals surface area contributed by atoms with Crippen LogP contribution in [0.2, 0.25) is 0 Å². The van der Waals surface area contributed by atoms with Gasteiger partial charge in [-0.2, -0.15) is 0 Å². The van der Waals surface area contributed by atoms with Crippen molar-refractivity contribution in [1.29, 1.82) is 0 Å². The first kappa shape index (κ1) is 14.4. The van der Waals surface area contributed by atoms with Crippen molar-refractivity contribution in [1.82, 2.24) is 4.98 Å². The Balaban J connectivity index is 2.35. The maximum absolute atomic E-state index is 11.5. The molecule has 2 rings (SSSR count). The number of carboxylic acid groups (broad SMARTS) is 1. The molecule has 0 fully saturated rings. The lowest BCUT2D eigenvalue weighted by Gasteiger charge is -2.24. The minimum atomic E-state index is -0.815. The summed E-state index contributed by atoms with van der Waals surface area (Å²) in [5, 5.41) is 9.45. The van der Waals surface area contributed by atoms with Gasteiger partial charge in [-0.05, 0) is 25.0 Å². The van der Waals surface area contributed by atoms with Crippen molar-refractivity contribution in [2.75, 3.05) is 7.11 Å². The molecular formula is C15H19NO4. The largest absolute Gasteiger partial charge is 0.497 e. The Labute approximate surface area is 117 Å². The zero-order chi connectivity index (χ0) is 14.8. The summed E-state index contributed by atoms with van der Waals surface area (Å²) in [6.07, 6.45) is 1.38. The minimum Gasteiger partial charge on any atom is -0.497 e. The van der Waals surface area contributed by atoms with Gasteiger partial charge >= 0.3 is 5.97 Å². The van der Waals surface area contributed by atoms with Crippen molar-refractivity contribution in [2.45, 2.75) is 33.1 Å². The van der Waals surface area contributed by atoms with E-state index in [-0.39, 0.29) is 0 Å². The maximum atomic E-state index is 11.5. The first-order valence-corrected chi connectivity index (χ1v) is 6.71. The summed E-state index contributed by atoms with van der Waals surface area (Å²) >= 11 is 0. The van der Waals surface area contributed by atoms with Gasteiger partial charge in [0.1, 0.15) is 11.3 Å². The normalized spacial score (nSPS) is 11.8. The van der Waals surface area contributed by atoms with Gasteiger partial charge in [0.05, 0.1) is 12.5 Å². The summed E-state index contributed by atoms with van der Waals surface area (Å²) in [5.41, 5.74) is 0.517. The van der Waals surface area contributed by atoms with Crippen LogP contribution >= 0.6 is 0 Å². The molecule has 1 aromatic carbocycles. The van der Waals surface area contributed by atoms with E-state index in [4.69, 9.17) is 9.15 Å². The Hall–Kier alpha value is -2.04. The standard InChI is InChI=1S/C15H19NO4/c1-4-15(5-2,14(17)18)9-13-16-11-8-10(19-3)6-7-12(11)20-13/h6-8H,4-5,9H2,1-3H3,(H,17,18). The molecule has 5 nitrogen and oxygen atoms in total. The fourth-order valence-corrected chi connectivity index (χ4v) is 2.33. The molecule has 0 aliphatic rings. The van der Waals surface area contributed by atoms with Crippen molar-refractivity contribution < 1.29 is 19.1 Å². The number of benzene rings is 1. The molecule has 0 radical (unpaired) electrons. The predicted octanol–water partition coefficient (Wildman–Crippen LogP) is 3.27. The second kappa shape index (κ2) is 5.53. The van der Waals surface area contributed by atoms with Crippen LogP contribution in [-0.4, -0.2) is 23.2 Å². The minimum absolute atomic E-state index is 0.298. The number of hydrogen-bond donors (Lipinski definition) is 1. The molecule has 0 saturated heterocycles. The Morgan fingerprint density at radius 2 is 2.10 bits per heavy atom. The number of oxazole rings is 1. The number of rotatable bonds is 6. The monoisotopic (exact) mass is 277 g/mol. The second-order valence-corrected chi connectivity index (χ2v) is 4.91. The molecule has 5 heteroatoms. The lowest BCUT2D eigenvalue weighted by atomic mass is 9.79. The number of methoxy groups -OCH3 is 1. The van der Waals surface area contributed by atoms with E-state index < -0.39 is 11.4 Å². The van der Waals surface area contributed by atoms with Gasteiger partial charge in [0.2, 0.25) is 0 Å². The Morgan fingerprint density at radius 3 is 2.65 bits per heavy atom. The van der Waals surface area contributed by atoms with Gasteiger partial charge in [0.15, 0.2) is 11.5 Å². The van der Waals surface area contributed by atoms with Crippen LogP contribution < -0.4 is 4.74 Å². The lowest BCUT2D eigenvalue weighted by molar-refractivity contribution is -0.149. The van der Waals surface area contributed by atoms with Gasteiger partial charge in [-0.3, -0.25) is 4.79 Å². The molecule has 0 amide bonds. The summed E-state index contributed by atoms with van der Waals surface area (Å²) in [4.78, 5) is 15.9. The highest BCUT2D eigenvalue weighted by Gasteiger charge is 2.36. The van der Waals surface area contributed by atoms with E-state index in [1.54, 1.807) is 25.3 Å². The average Bonchev–Trinajstić information content (AvgIpc) is 2.85. The van der Waals surface area contributed by atoms with E-state index in [0.29, 0.717) is 42.0 Å². The van der Waals surface area contributed by atoms with Crippen LogP contribution in [0.3, 0.4) is 0 Å². The fourth-order valence-electron chi connectivity index (χ4n) is 2.33. The average molecular weight is 277 g/mol. The quantitative estimate of drug-likeness (QED) is 0.877. The van der Waals surface area contributed by atoms with E-state index in [2.05, 4.69) is 4.98 Å². The van der Waals surface area contributed by atoms with Crippen LogP contribution in [0.25, 0.3) is 11.1 Å². The van der Waals surface area contributed by atoms with Crippen LogP contribution in [0.4, 0.5) is 0 Å². The third-order valence-corrected chi connectivity index (χ3v) is 3.94. The molecule has 0 aliphatic carbocycles. The summed E-state index contributed by atoms with van der Waals surface area (Å²) < 4.78 is 10.8. The van der Waals surface area contributed by atoms with Crippen LogP contribution in [-0.2, 0) is 11.2 Å². The smallest absolute Gasteiger partial charge is 0.310 e. The molecule has 0 spiro atoms. The number of fused-ring (bicyclic) bond motifs is 1. The van der Waals surface area contributed by atoms with Crippen LogP contribution in [0.1, 0.15) is 32.6 Å². The fraction of sp³-hybridized carbons (Fsp3) is 0.467. The topological polar surface area (TPSA) is 72.6 Å². The molecule has 1 aromatic heterocycles. The third-order valence-electron chi connectivity index (χ3n) is 3.94. The maximum Gasteiger partial charge on any atom is 0.310 e. The van der Waals surface area contributed by atoms with Crippen LogP contribution in [0, 0.1) is 5.41 Å². The zero-order valence-corrected chi connectivity index (χ0v) is 12.0. The molecular weight excluding hydrogens is 258 g/mol. The summed E-state index contributed by atoms with van der Waals surface area (Å²) in [5.74, 6) is 0.356.